The van der Waals surface area contributed by atoms with Gasteiger partial charge in [0.2, 0.25) is 0 Å². The topological polar surface area (TPSA) is 95.3 Å². The van der Waals surface area contributed by atoms with Crippen molar-refractivity contribution in [1.29, 1.82) is 0 Å². The molecule has 3 N–H and O–H groups in total. The molecular weight excluding hydrogens is 212 g/mol. The number of aryl methyl sites for hydroxylation is 1. The average molecular weight is 224 g/mol. The van der Waals surface area contributed by atoms with Gasteiger partial charge in [-0.1, -0.05) is 12.2 Å². The van der Waals surface area contributed by atoms with Gasteiger partial charge in [0.05, 0.1) is 6.04 Å². The molecule has 86 valence electrons. The van der Waals surface area contributed by atoms with Gasteiger partial charge in [-0.25, -0.2) is 4.79 Å². The fraction of sp³-hybridized carbons (Fsp3) is 0.400. The van der Waals surface area contributed by atoms with E-state index in [0.29, 0.717) is 5.56 Å². The van der Waals surface area contributed by atoms with E-state index in [1.54, 1.807) is 6.92 Å². The fourth-order valence-electron chi connectivity index (χ4n) is 1.72. The van der Waals surface area contributed by atoms with Crippen LogP contribution in [0, 0.1) is 6.92 Å². The molecule has 0 aromatic carbocycles. The molecule has 0 saturated carbocycles. The van der Waals surface area contributed by atoms with E-state index in [4.69, 9.17) is 0 Å². The quantitative estimate of drug-likeness (QED) is 0.515. The molecule has 3 atom stereocenters. The summed E-state index contributed by atoms with van der Waals surface area (Å²) in [5.41, 5.74) is -0.668. The van der Waals surface area contributed by atoms with Gasteiger partial charge in [-0.05, 0) is 6.92 Å². The number of nitrogens with zero attached hydrogens (tertiary/aromatic N) is 1. The van der Waals surface area contributed by atoms with Crippen molar-refractivity contribution in [1.82, 2.24) is 9.55 Å². The van der Waals surface area contributed by atoms with Crippen LogP contribution in [0.3, 0.4) is 0 Å². The molecule has 0 radical (unpaired) electrons. The molecule has 0 fully saturated rings. The lowest BCUT2D eigenvalue weighted by Gasteiger charge is -2.18. The van der Waals surface area contributed by atoms with E-state index in [9.17, 15) is 19.8 Å². The molecule has 1 heterocycles. The second-order valence-electron chi connectivity index (χ2n) is 3.84. The highest BCUT2D eigenvalue weighted by atomic mass is 16.3. The number of rotatable bonds is 1. The average Bonchev–Trinajstić information content (AvgIpc) is 2.54. The summed E-state index contributed by atoms with van der Waals surface area (Å²) in [5, 5.41) is 19.0. The van der Waals surface area contributed by atoms with Gasteiger partial charge in [-0.2, -0.15) is 0 Å². The summed E-state index contributed by atoms with van der Waals surface area (Å²) < 4.78 is 1.20. The summed E-state index contributed by atoms with van der Waals surface area (Å²) in [4.78, 5) is 24.8. The maximum atomic E-state index is 11.5. The normalized spacial score (nSPS) is 28.6. The van der Waals surface area contributed by atoms with Gasteiger partial charge in [-0.3, -0.25) is 14.3 Å². The minimum Gasteiger partial charge on any atom is -0.388 e. The van der Waals surface area contributed by atoms with E-state index in [2.05, 4.69) is 4.98 Å². The lowest BCUT2D eigenvalue weighted by molar-refractivity contribution is 0.0357. The zero-order valence-corrected chi connectivity index (χ0v) is 8.62. The molecule has 1 aliphatic carbocycles. The first kappa shape index (κ1) is 10.8. The third-order valence-corrected chi connectivity index (χ3v) is 2.67. The first-order valence-electron chi connectivity index (χ1n) is 4.87. The van der Waals surface area contributed by atoms with Crippen molar-refractivity contribution in [2.24, 2.45) is 0 Å². The first-order chi connectivity index (χ1) is 7.50. The predicted octanol–water partition coefficient (Wildman–Crippen LogP) is -1.32. The van der Waals surface area contributed by atoms with Crippen LogP contribution < -0.4 is 11.2 Å². The molecule has 0 saturated heterocycles. The van der Waals surface area contributed by atoms with E-state index in [1.165, 1.54) is 22.9 Å². The molecule has 1 aromatic heterocycles. The van der Waals surface area contributed by atoms with Gasteiger partial charge in [-0.15, -0.1) is 0 Å². The molecule has 6 heteroatoms. The summed E-state index contributed by atoms with van der Waals surface area (Å²) in [6.45, 7) is 1.57. The molecule has 0 unspecified atom stereocenters. The largest absolute Gasteiger partial charge is 0.388 e. The van der Waals surface area contributed by atoms with Crippen molar-refractivity contribution in [3.8, 4) is 0 Å². The highest BCUT2D eigenvalue weighted by Crippen LogP contribution is 2.22. The Hall–Kier alpha value is -1.66. The first-order valence-corrected chi connectivity index (χ1v) is 4.87. The molecule has 0 bridgehead atoms. The van der Waals surface area contributed by atoms with E-state index in [-0.39, 0.29) is 0 Å². The van der Waals surface area contributed by atoms with Gasteiger partial charge in [0, 0.05) is 11.8 Å². The van der Waals surface area contributed by atoms with Crippen LogP contribution >= 0.6 is 0 Å². The molecule has 16 heavy (non-hydrogen) atoms. The lowest BCUT2D eigenvalue weighted by Crippen LogP contribution is -2.38. The standard InChI is InChI=1S/C10H12N2O4/c1-5-4-12(10(16)11-9(5)15)6-2-3-7(13)8(6)14/h2-4,6-8,13-14H,1H3,(H,11,15,16)/t6-,7-,8+/m1/s1. The van der Waals surface area contributed by atoms with Crippen LogP contribution in [-0.4, -0.2) is 32.0 Å². The Morgan fingerprint density at radius 2 is 2.00 bits per heavy atom. The van der Waals surface area contributed by atoms with Crippen LogP contribution in [0.15, 0.2) is 27.9 Å². The van der Waals surface area contributed by atoms with E-state index < -0.39 is 29.5 Å². The molecule has 6 nitrogen and oxygen atoms in total. The Balaban J connectivity index is 2.50. The van der Waals surface area contributed by atoms with Crippen molar-refractivity contribution in [3.63, 3.8) is 0 Å². The van der Waals surface area contributed by atoms with E-state index in [1.807, 2.05) is 0 Å². The molecule has 2 rings (SSSR count). The molecule has 0 spiro atoms. The minimum atomic E-state index is -1.07. The molecule has 0 amide bonds. The highest BCUT2D eigenvalue weighted by molar-refractivity contribution is 5.13. The van der Waals surface area contributed by atoms with E-state index in [0.717, 1.165) is 0 Å². The smallest absolute Gasteiger partial charge is 0.328 e. The third-order valence-electron chi connectivity index (χ3n) is 2.67. The summed E-state index contributed by atoms with van der Waals surface area (Å²) in [6, 6.07) is -0.641. The van der Waals surface area contributed by atoms with Crippen molar-refractivity contribution >= 4 is 0 Å². The third kappa shape index (κ3) is 1.62. The number of hydrogen-bond acceptors (Lipinski definition) is 4. The zero-order valence-electron chi connectivity index (χ0n) is 8.62. The SMILES string of the molecule is Cc1cn([C@@H]2C=C[C@@H](O)[C@H]2O)c(=O)[nH]c1=O. The van der Waals surface area contributed by atoms with Gasteiger partial charge in [0.25, 0.3) is 5.56 Å². The van der Waals surface area contributed by atoms with Crippen LogP contribution in [-0.2, 0) is 0 Å². The Morgan fingerprint density at radius 1 is 1.31 bits per heavy atom. The van der Waals surface area contributed by atoms with Crippen molar-refractivity contribution in [3.05, 3.63) is 44.8 Å². The Kier molecular flexibility index (Phi) is 2.53. The second-order valence-corrected chi connectivity index (χ2v) is 3.84. The second kappa shape index (κ2) is 3.73. The Bertz CT molecular complexity index is 542. The summed E-state index contributed by atoms with van der Waals surface area (Å²) in [7, 11) is 0. The summed E-state index contributed by atoms with van der Waals surface area (Å²) in [5.74, 6) is 0. The van der Waals surface area contributed by atoms with Gasteiger partial charge < -0.3 is 10.2 Å². The molecule has 1 aromatic rings. The van der Waals surface area contributed by atoms with Crippen molar-refractivity contribution in [2.75, 3.05) is 0 Å². The zero-order chi connectivity index (χ0) is 11.9. The maximum absolute atomic E-state index is 11.5. The lowest BCUT2D eigenvalue weighted by atomic mass is 10.2. The number of H-pyrrole nitrogens is 1. The Morgan fingerprint density at radius 3 is 2.56 bits per heavy atom. The Labute approximate surface area is 90.5 Å². The van der Waals surface area contributed by atoms with Crippen molar-refractivity contribution in [2.45, 2.75) is 25.2 Å². The van der Waals surface area contributed by atoms with Gasteiger partial charge >= 0.3 is 5.69 Å². The van der Waals surface area contributed by atoms with Crippen LogP contribution in [0.5, 0.6) is 0 Å². The van der Waals surface area contributed by atoms with Gasteiger partial charge in [0.15, 0.2) is 0 Å². The molecule has 1 aliphatic rings. The predicted molar refractivity (Wildman–Crippen MR) is 56.3 cm³/mol. The van der Waals surface area contributed by atoms with Crippen LogP contribution in [0.4, 0.5) is 0 Å². The van der Waals surface area contributed by atoms with Gasteiger partial charge in [0.1, 0.15) is 12.2 Å². The van der Waals surface area contributed by atoms with Crippen LogP contribution in [0.1, 0.15) is 11.6 Å². The highest BCUT2D eigenvalue weighted by Gasteiger charge is 2.30. The number of aromatic nitrogens is 2. The minimum absolute atomic E-state index is 0.376. The van der Waals surface area contributed by atoms with Crippen LogP contribution in [0.2, 0.25) is 0 Å². The maximum Gasteiger partial charge on any atom is 0.328 e. The number of aliphatic hydroxyl groups is 2. The summed E-state index contributed by atoms with van der Waals surface area (Å²) >= 11 is 0. The van der Waals surface area contributed by atoms with Crippen molar-refractivity contribution < 1.29 is 10.2 Å². The monoisotopic (exact) mass is 224 g/mol. The number of aromatic amines is 1. The van der Waals surface area contributed by atoms with E-state index >= 15 is 0 Å². The fourth-order valence-corrected chi connectivity index (χ4v) is 1.72. The number of aliphatic hydroxyl groups excluding tert-OH is 2. The summed E-state index contributed by atoms with van der Waals surface area (Å²) in [6.07, 6.45) is 2.28. The number of nitrogens with one attached hydrogen (secondary N) is 1. The molecule has 0 aliphatic heterocycles. The molecular formula is C10H12N2O4. The number of hydrogen-bond donors (Lipinski definition) is 3. The van der Waals surface area contributed by atoms with Crippen LogP contribution in [0.25, 0.3) is 0 Å².